The van der Waals surface area contributed by atoms with E-state index in [1.807, 2.05) is 0 Å². The molecule has 0 heterocycles. The minimum Gasteiger partial charge on any atom is -0.508 e. The number of benzene rings is 2. The lowest BCUT2D eigenvalue weighted by Crippen LogP contribution is -1.66. The van der Waals surface area contributed by atoms with E-state index in [1.54, 1.807) is 0 Å². The van der Waals surface area contributed by atoms with Crippen molar-refractivity contribution in [3.63, 3.8) is 0 Å². The number of hydrogen-bond acceptors (Lipinski definition) is 4. The maximum absolute atomic E-state index is 8.89. The van der Waals surface area contributed by atoms with Crippen molar-refractivity contribution in [2.75, 3.05) is 0 Å². The Hall–Kier alpha value is -1.40. The molecule has 0 spiro atoms. The van der Waals surface area contributed by atoms with Gasteiger partial charge >= 0.3 is 0 Å². The first kappa shape index (κ1) is 17.6. The summed E-state index contributed by atoms with van der Waals surface area (Å²) in [6.45, 7) is 0. The fourth-order valence-electron chi connectivity index (χ4n) is 0.992. The lowest BCUT2D eigenvalue weighted by Gasteiger charge is -1.94. The average molecular weight is 394 g/mol. The van der Waals surface area contributed by atoms with Gasteiger partial charge < -0.3 is 20.4 Å². The van der Waals surface area contributed by atoms with Gasteiger partial charge in [0.05, 0.1) is 8.95 Å². The highest BCUT2D eigenvalue weighted by molar-refractivity contribution is 9.10. The van der Waals surface area contributed by atoms with E-state index in [2.05, 4.69) is 31.9 Å². The Morgan fingerprint density at radius 3 is 1.16 bits per heavy atom. The number of phenolic OH excluding ortho intramolecular Hbond substituents is 4. The van der Waals surface area contributed by atoms with E-state index >= 15 is 0 Å². The summed E-state index contributed by atoms with van der Waals surface area (Å²) in [5.41, 5.74) is 0. The minimum absolute atomic E-state index is 0. The van der Waals surface area contributed by atoms with E-state index in [0.717, 1.165) is 0 Å². The van der Waals surface area contributed by atoms with Crippen LogP contribution in [0.5, 0.6) is 23.0 Å². The van der Waals surface area contributed by atoms with Crippen LogP contribution >= 0.6 is 31.9 Å². The van der Waals surface area contributed by atoms with Crippen LogP contribution in [-0.2, 0) is 0 Å². The topological polar surface area (TPSA) is 80.9 Å². The molecular formula is C13H14Br2O4. The van der Waals surface area contributed by atoms with Crippen molar-refractivity contribution >= 4 is 31.9 Å². The zero-order chi connectivity index (χ0) is 13.7. The van der Waals surface area contributed by atoms with Gasteiger partial charge in [0.15, 0.2) is 0 Å². The van der Waals surface area contributed by atoms with Gasteiger partial charge in [-0.05, 0) is 68.3 Å². The van der Waals surface area contributed by atoms with E-state index in [9.17, 15) is 0 Å². The van der Waals surface area contributed by atoms with Crippen LogP contribution in [0.2, 0.25) is 0 Å². The normalized spacial score (nSPS) is 8.95. The first-order valence-electron chi connectivity index (χ1n) is 4.75. The Balaban J connectivity index is 0.000000324. The fraction of sp³-hybridized carbons (Fsp3) is 0.0769. The van der Waals surface area contributed by atoms with Gasteiger partial charge in [-0.3, -0.25) is 0 Å². The number of hydrogen-bond donors (Lipinski definition) is 4. The highest BCUT2D eigenvalue weighted by atomic mass is 79.9. The Morgan fingerprint density at radius 1 is 0.632 bits per heavy atom. The third-order valence-electron chi connectivity index (χ3n) is 1.86. The van der Waals surface area contributed by atoms with E-state index in [-0.39, 0.29) is 30.4 Å². The molecule has 0 bridgehead atoms. The minimum atomic E-state index is 0. The second-order valence-corrected chi connectivity index (χ2v) is 4.98. The molecule has 0 aliphatic carbocycles. The average Bonchev–Trinajstić information content (AvgIpc) is 2.30. The van der Waals surface area contributed by atoms with Crippen molar-refractivity contribution in [2.24, 2.45) is 0 Å². The molecule has 2 rings (SSSR count). The Bertz CT molecular complexity index is 495. The first-order chi connectivity index (χ1) is 8.40. The van der Waals surface area contributed by atoms with Gasteiger partial charge in [0, 0.05) is 0 Å². The highest BCUT2D eigenvalue weighted by Gasteiger charge is 1.96. The molecule has 0 amide bonds. The van der Waals surface area contributed by atoms with Crippen molar-refractivity contribution in [1.82, 2.24) is 0 Å². The molecule has 0 aromatic heterocycles. The fourth-order valence-corrected chi connectivity index (χ4v) is 1.73. The lowest BCUT2D eigenvalue weighted by atomic mass is 10.3. The molecule has 4 N–H and O–H groups in total. The standard InChI is InChI=1S/2C6H5BrO2.CH4/c2*7-5-3-4(8)1-2-6(5)9;/h2*1-3,8-9H;1H4. The lowest BCUT2D eigenvalue weighted by molar-refractivity contribution is 0.457. The number of halogens is 2. The number of phenols is 4. The molecule has 0 unspecified atom stereocenters. The zero-order valence-corrected chi connectivity index (χ0v) is 12.2. The van der Waals surface area contributed by atoms with E-state index < -0.39 is 0 Å². The summed E-state index contributed by atoms with van der Waals surface area (Å²) in [5.74, 6) is 0.542. The molecule has 6 heteroatoms. The Labute approximate surface area is 128 Å². The molecule has 19 heavy (non-hydrogen) atoms. The highest BCUT2D eigenvalue weighted by Crippen LogP contribution is 2.27. The van der Waals surface area contributed by atoms with Crippen molar-refractivity contribution in [2.45, 2.75) is 7.43 Å². The van der Waals surface area contributed by atoms with Crippen LogP contribution in [0.3, 0.4) is 0 Å². The summed E-state index contributed by atoms with van der Waals surface area (Å²) in [7, 11) is 0. The van der Waals surface area contributed by atoms with E-state index in [1.165, 1.54) is 36.4 Å². The van der Waals surface area contributed by atoms with Crippen LogP contribution in [0.4, 0.5) is 0 Å². The zero-order valence-electron chi connectivity index (χ0n) is 9.01. The largest absolute Gasteiger partial charge is 0.508 e. The summed E-state index contributed by atoms with van der Waals surface area (Å²) in [6, 6.07) is 8.52. The molecule has 0 fully saturated rings. The predicted molar refractivity (Wildman–Crippen MR) is 81.7 cm³/mol. The van der Waals surface area contributed by atoms with Crippen LogP contribution in [0.15, 0.2) is 45.3 Å². The molecule has 0 saturated carbocycles. The van der Waals surface area contributed by atoms with Crippen LogP contribution in [0.1, 0.15) is 7.43 Å². The first-order valence-corrected chi connectivity index (χ1v) is 6.33. The third kappa shape index (κ3) is 5.85. The molecule has 0 aliphatic rings. The quantitative estimate of drug-likeness (QED) is 0.501. The SMILES string of the molecule is C.Oc1ccc(O)c(Br)c1.Oc1ccc(O)c(Br)c1. The van der Waals surface area contributed by atoms with Gasteiger partial charge in [-0.25, -0.2) is 0 Å². The molecular weight excluding hydrogens is 380 g/mol. The van der Waals surface area contributed by atoms with Gasteiger partial charge in [0.25, 0.3) is 0 Å². The third-order valence-corrected chi connectivity index (χ3v) is 3.13. The van der Waals surface area contributed by atoms with Crippen molar-refractivity contribution < 1.29 is 20.4 Å². The molecule has 4 nitrogen and oxygen atoms in total. The van der Waals surface area contributed by atoms with Gasteiger partial charge in [-0.15, -0.1) is 0 Å². The van der Waals surface area contributed by atoms with Gasteiger partial charge in [0.2, 0.25) is 0 Å². The Kier molecular flexibility index (Phi) is 7.33. The predicted octanol–water partition coefficient (Wildman–Crippen LogP) is 4.36. The molecule has 2 aromatic rings. The van der Waals surface area contributed by atoms with Crippen LogP contribution < -0.4 is 0 Å². The molecule has 0 atom stereocenters. The monoisotopic (exact) mass is 392 g/mol. The van der Waals surface area contributed by atoms with Crippen molar-refractivity contribution in [1.29, 1.82) is 0 Å². The summed E-state index contributed by atoms with van der Waals surface area (Å²) in [5, 5.41) is 35.4. The van der Waals surface area contributed by atoms with Crippen LogP contribution in [-0.4, -0.2) is 20.4 Å². The maximum atomic E-state index is 8.89. The van der Waals surface area contributed by atoms with Gasteiger partial charge in [-0.2, -0.15) is 0 Å². The molecule has 0 saturated heterocycles. The molecule has 0 aliphatic heterocycles. The summed E-state index contributed by atoms with van der Waals surface area (Å²) >= 11 is 6.07. The smallest absolute Gasteiger partial charge is 0.130 e. The Morgan fingerprint density at radius 2 is 0.947 bits per heavy atom. The van der Waals surface area contributed by atoms with Gasteiger partial charge in [0.1, 0.15) is 23.0 Å². The second kappa shape index (κ2) is 7.91. The second-order valence-electron chi connectivity index (χ2n) is 3.27. The number of aromatic hydroxyl groups is 4. The van der Waals surface area contributed by atoms with Crippen molar-refractivity contribution in [3.05, 3.63) is 45.3 Å². The maximum Gasteiger partial charge on any atom is 0.130 e. The van der Waals surface area contributed by atoms with Crippen molar-refractivity contribution in [3.8, 4) is 23.0 Å². The molecule has 104 valence electrons. The number of rotatable bonds is 0. The van der Waals surface area contributed by atoms with Crippen LogP contribution in [0, 0.1) is 0 Å². The summed E-state index contributed by atoms with van der Waals surface area (Å²) < 4.78 is 1.00. The van der Waals surface area contributed by atoms with Gasteiger partial charge in [-0.1, -0.05) is 7.43 Å². The molecule has 0 radical (unpaired) electrons. The molecule has 2 aromatic carbocycles. The summed E-state index contributed by atoms with van der Waals surface area (Å²) in [6.07, 6.45) is 0. The van der Waals surface area contributed by atoms with E-state index in [0.29, 0.717) is 8.95 Å². The van der Waals surface area contributed by atoms with Crippen LogP contribution in [0.25, 0.3) is 0 Å². The van der Waals surface area contributed by atoms with E-state index in [4.69, 9.17) is 20.4 Å². The summed E-state index contributed by atoms with van der Waals surface area (Å²) in [4.78, 5) is 0.